The van der Waals surface area contributed by atoms with Gasteiger partial charge in [0.1, 0.15) is 16.9 Å². The van der Waals surface area contributed by atoms with Crippen molar-refractivity contribution in [1.82, 2.24) is 14.9 Å². The Kier molecular flexibility index (Phi) is 4.80. The fourth-order valence-electron chi connectivity index (χ4n) is 4.05. The van der Waals surface area contributed by atoms with E-state index in [9.17, 15) is 9.59 Å². The molecule has 1 aliphatic heterocycles. The summed E-state index contributed by atoms with van der Waals surface area (Å²) in [6.45, 7) is 2.10. The Labute approximate surface area is 172 Å². The average molecular weight is 402 g/mol. The highest BCUT2D eigenvalue weighted by Crippen LogP contribution is 2.25. The van der Waals surface area contributed by atoms with E-state index in [4.69, 9.17) is 4.42 Å². The van der Waals surface area contributed by atoms with Crippen LogP contribution in [0, 0.1) is 5.92 Å². The second-order valence-electron chi connectivity index (χ2n) is 7.69. The maximum atomic E-state index is 12.5. The molecule has 2 N–H and O–H groups in total. The van der Waals surface area contributed by atoms with Gasteiger partial charge in [0.2, 0.25) is 11.5 Å². The van der Waals surface area contributed by atoms with Crippen LogP contribution in [0.5, 0.6) is 0 Å². The van der Waals surface area contributed by atoms with Crippen LogP contribution in [0.4, 0.5) is 5.69 Å². The zero-order valence-corrected chi connectivity index (χ0v) is 16.4. The van der Waals surface area contributed by atoms with Crippen molar-refractivity contribution in [1.29, 1.82) is 0 Å². The van der Waals surface area contributed by atoms with E-state index >= 15 is 0 Å². The Hall–Kier alpha value is -3.45. The lowest BCUT2D eigenvalue weighted by Crippen LogP contribution is -2.38. The minimum absolute atomic E-state index is 0.00578. The molecule has 0 bridgehead atoms. The van der Waals surface area contributed by atoms with Crippen LogP contribution in [0.25, 0.3) is 22.1 Å². The van der Waals surface area contributed by atoms with Gasteiger partial charge >= 0.3 is 0 Å². The summed E-state index contributed by atoms with van der Waals surface area (Å²) in [7, 11) is 0. The molecule has 0 radical (unpaired) electrons. The first kappa shape index (κ1) is 18.6. The zero-order chi connectivity index (χ0) is 20.5. The Balaban J connectivity index is 1.26. The molecule has 1 fully saturated rings. The molecule has 5 rings (SSSR count). The van der Waals surface area contributed by atoms with Crippen LogP contribution < -0.4 is 10.9 Å². The van der Waals surface area contributed by atoms with Crippen molar-refractivity contribution in [3.63, 3.8) is 0 Å². The van der Waals surface area contributed by atoms with Crippen molar-refractivity contribution < 1.29 is 9.21 Å². The molecule has 152 valence electrons. The predicted octanol–water partition coefficient (Wildman–Crippen LogP) is 3.52. The first-order chi connectivity index (χ1) is 14.7. The van der Waals surface area contributed by atoms with Crippen molar-refractivity contribution >= 4 is 33.7 Å². The molecule has 2 aromatic carbocycles. The highest BCUT2D eigenvalue weighted by molar-refractivity contribution is 6.01. The van der Waals surface area contributed by atoms with E-state index < -0.39 is 0 Å². The standard InChI is InChI=1S/C23H22N4O3/c28-22(24-16-6-2-1-3-7-16)15-10-12-27(13-11-15)14-19-25-20-17-8-4-5-9-18(17)30-21(20)23(29)26-19/h1-9,15H,10-14H2,(H,24,28)(H,25,26,29). The number of aromatic amines is 1. The Morgan fingerprint density at radius 3 is 2.63 bits per heavy atom. The maximum Gasteiger partial charge on any atom is 0.294 e. The van der Waals surface area contributed by atoms with Crippen LogP contribution in [0.3, 0.4) is 0 Å². The number of H-pyrrole nitrogens is 1. The van der Waals surface area contributed by atoms with E-state index in [1.54, 1.807) is 0 Å². The van der Waals surface area contributed by atoms with Crippen LogP contribution in [0.15, 0.2) is 63.8 Å². The normalized spacial score (nSPS) is 15.6. The highest BCUT2D eigenvalue weighted by Gasteiger charge is 2.25. The molecule has 2 aromatic heterocycles. The molecule has 3 heterocycles. The van der Waals surface area contributed by atoms with Crippen LogP contribution in [0.2, 0.25) is 0 Å². The third-order valence-corrected chi connectivity index (χ3v) is 5.65. The summed E-state index contributed by atoms with van der Waals surface area (Å²) in [4.78, 5) is 34.7. The minimum atomic E-state index is -0.261. The maximum absolute atomic E-state index is 12.5. The van der Waals surface area contributed by atoms with Gasteiger partial charge in [-0.1, -0.05) is 30.3 Å². The van der Waals surface area contributed by atoms with E-state index in [0.29, 0.717) is 23.5 Å². The first-order valence-corrected chi connectivity index (χ1v) is 10.2. The number of amides is 1. The van der Waals surface area contributed by atoms with E-state index in [2.05, 4.69) is 20.2 Å². The van der Waals surface area contributed by atoms with Crippen LogP contribution in [-0.4, -0.2) is 33.9 Å². The number of fused-ring (bicyclic) bond motifs is 3. The fourth-order valence-corrected chi connectivity index (χ4v) is 4.05. The van der Waals surface area contributed by atoms with Gasteiger partial charge in [-0.2, -0.15) is 0 Å². The van der Waals surface area contributed by atoms with Crippen molar-refractivity contribution in [2.75, 3.05) is 18.4 Å². The average Bonchev–Trinajstić information content (AvgIpc) is 3.14. The number of para-hydroxylation sites is 2. The Morgan fingerprint density at radius 2 is 1.83 bits per heavy atom. The van der Waals surface area contributed by atoms with Crippen molar-refractivity contribution in [2.24, 2.45) is 5.92 Å². The number of piperidine rings is 1. The number of benzene rings is 2. The lowest BCUT2D eigenvalue weighted by atomic mass is 9.96. The van der Waals surface area contributed by atoms with E-state index in [1.807, 2.05) is 54.6 Å². The number of nitrogens with zero attached hydrogens (tertiary/aromatic N) is 2. The van der Waals surface area contributed by atoms with Gasteiger partial charge in [0, 0.05) is 17.0 Å². The van der Waals surface area contributed by atoms with E-state index in [-0.39, 0.29) is 23.0 Å². The number of carbonyl (C=O) groups is 1. The summed E-state index contributed by atoms with van der Waals surface area (Å²) in [5.74, 6) is 0.679. The molecule has 0 aliphatic carbocycles. The number of hydrogen-bond acceptors (Lipinski definition) is 5. The van der Waals surface area contributed by atoms with Crippen LogP contribution in [0.1, 0.15) is 18.7 Å². The van der Waals surface area contributed by atoms with E-state index in [1.165, 1.54) is 0 Å². The smallest absolute Gasteiger partial charge is 0.294 e. The second kappa shape index (κ2) is 7.76. The van der Waals surface area contributed by atoms with Gasteiger partial charge in [-0.3, -0.25) is 14.5 Å². The molecule has 0 atom stereocenters. The SMILES string of the molecule is O=C(Nc1ccccc1)C1CCN(Cc2nc3c(oc4ccccc43)c(=O)[nH]2)CC1. The van der Waals surface area contributed by atoms with Gasteiger partial charge in [-0.15, -0.1) is 0 Å². The summed E-state index contributed by atoms with van der Waals surface area (Å²) >= 11 is 0. The molecule has 1 amide bonds. The molecule has 0 saturated carbocycles. The number of anilines is 1. The summed E-state index contributed by atoms with van der Waals surface area (Å²) in [5.41, 5.74) is 2.08. The van der Waals surface area contributed by atoms with Gasteiger partial charge in [-0.05, 0) is 50.2 Å². The molecule has 30 heavy (non-hydrogen) atoms. The number of rotatable bonds is 4. The molecule has 1 saturated heterocycles. The fraction of sp³-hybridized carbons (Fsp3) is 0.261. The Bertz CT molecular complexity index is 1250. The van der Waals surface area contributed by atoms with Crippen molar-refractivity contribution in [3.05, 3.63) is 70.8 Å². The van der Waals surface area contributed by atoms with Crippen LogP contribution >= 0.6 is 0 Å². The van der Waals surface area contributed by atoms with Gasteiger partial charge in [0.05, 0.1) is 6.54 Å². The Morgan fingerprint density at radius 1 is 1.10 bits per heavy atom. The summed E-state index contributed by atoms with van der Waals surface area (Å²) in [5, 5.41) is 3.83. The van der Waals surface area contributed by atoms with Crippen LogP contribution in [-0.2, 0) is 11.3 Å². The number of carbonyl (C=O) groups excluding carboxylic acids is 1. The predicted molar refractivity (Wildman–Crippen MR) is 115 cm³/mol. The lowest BCUT2D eigenvalue weighted by molar-refractivity contribution is -0.121. The number of likely N-dealkylation sites (tertiary alicyclic amines) is 1. The number of hydrogen-bond donors (Lipinski definition) is 2. The van der Waals surface area contributed by atoms with Gasteiger partial charge < -0.3 is 14.7 Å². The molecule has 7 heteroatoms. The van der Waals surface area contributed by atoms with Gasteiger partial charge in [0.25, 0.3) is 5.56 Å². The van der Waals surface area contributed by atoms with E-state index in [0.717, 1.165) is 37.0 Å². The lowest BCUT2D eigenvalue weighted by Gasteiger charge is -2.30. The molecular weight excluding hydrogens is 380 g/mol. The third-order valence-electron chi connectivity index (χ3n) is 5.65. The van der Waals surface area contributed by atoms with Gasteiger partial charge in [-0.25, -0.2) is 4.98 Å². The minimum Gasteiger partial charge on any atom is -0.449 e. The second-order valence-corrected chi connectivity index (χ2v) is 7.69. The largest absolute Gasteiger partial charge is 0.449 e. The highest BCUT2D eigenvalue weighted by atomic mass is 16.3. The zero-order valence-electron chi connectivity index (χ0n) is 16.4. The molecule has 0 unspecified atom stereocenters. The monoisotopic (exact) mass is 402 g/mol. The molecule has 0 spiro atoms. The van der Waals surface area contributed by atoms with Gasteiger partial charge in [0.15, 0.2) is 0 Å². The number of nitrogens with one attached hydrogen (secondary N) is 2. The molecule has 7 nitrogen and oxygen atoms in total. The topological polar surface area (TPSA) is 91.2 Å². The summed E-state index contributed by atoms with van der Waals surface area (Å²) in [6.07, 6.45) is 1.56. The van der Waals surface area contributed by atoms with Crippen molar-refractivity contribution in [2.45, 2.75) is 19.4 Å². The first-order valence-electron chi connectivity index (χ1n) is 10.2. The quantitative estimate of drug-likeness (QED) is 0.545. The molecule has 1 aliphatic rings. The third kappa shape index (κ3) is 3.59. The molecule has 4 aromatic rings. The summed E-state index contributed by atoms with van der Waals surface area (Å²) < 4.78 is 5.65. The molecular formula is C23H22N4O3. The number of aromatic nitrogens is 2. The summed E-state index contributed by atoms with van der Waals surface area (Å²) in [6, 6.07) is 17.1. The number of furan rings is 1. The van der Waals surface area contributed by atoms with Crippen molar-refractivity contribution in [3.8, 4) is 0 Å².